The van der Waals surface area contributed by atoms with Gasteiger partial charge in [-0.15, -0.1) is 0 Å². The lowest BCUT2D eigenvalue weighted by Crippen LogP contribution is -1.87. The van der Waals surface area contributed by atoms with Gasteiger partial charge in [0.15, 0.2) is 0 Å². The predicted molar refractivity (Wildman–Crippen MR) is 58.5 cm³/mol. The lowest BCUT2D eigenvalue weighted by Gasteiger charge is -2.04. The third kappa shape index (κ3) is 1.78. The summed E-state index contributed by atoms with van der Waals surface area (Å²) in [5.41, 5.74) is 1.30. The zero-order valence-electron chi connectivity index (χ0n) is 7.98. The van der Waals surface area contributed by atoms with Crippen molar-refractivity contribution in [3.8, 4) is 0 Å². The fraction of sp³-hybridized carbons (Fsp3) is 0.154. The van der Waals surface area contributed by atoms with Crippen molar-refractivity contribution in [3.05, 3.63) is 54.6 Å². The number of aliphatic hydroxyl groups is 1. The summed E-state index contributed by atoms with van der Waals surface area (Å²) in [5.74, 6) is 0. The van der Waals surface area contributed by atoms with Gasteiger partial charge < -0.3 is 5.11 Å². The number of hydrogen-bond donors (Lipinski definition) is 1. The summed E-state index contributed by atoms with van der Waals surface area (Å²) in [6.07, 6.45) is 1.62. The standard InChI is InChI=1S/C13H13O/c14-10-4-8-12-7-3-6-11-5-1-2-9-13(11)12/h1-3,5-7,9-10,14H,4,8H2. The monoisotopic (exact) mass is 185 g/mol. The molecule has 0 heterocycles. The maximum atomic E-state index is 8.67. The number of aliphatic hydroxyl groups excluding tert-OH is 1. The first-order valence-electron chi connectivity index (χ1n) is 4.84. The Labute approximate surface area is 84.0 Å². The van der Waals surface area contributed by atoms with Crippen molar-refractivity contribution in [1.82, 2.24) is 0 Å². The highest BCUT2D eigenvalue weighted by molar-refractivity contribution is 5.85. The Balaban J connectivity index is 2.43. The van der Waals surface area contributed by atoms with Crippen LogP contribution in [0.4, 0.5) is 0 Å². The third-order valence-electron chi connectivity index (χ3n) is 2.42. The normalized spacial score (nSPS) is 10.6. The van der Waals surface area contributed by atoms with Crippen molar-refractivity contribution in [2.45, 2.75) is 12.8 Å². The smallest absolute Gasteiger partial charge is 0.0802 e. The lowest BCUT2D eigenvalue weighted by atomic mass is 10.0. The number of aryl methyl sites for hydroxylation is 1. The molecule has 1 nitrogen and oxygen atoms in total. The van der Waals surface area contributed by atoms with Gasteiger partial charge in [-0.3, -0.25) is 0 Å². The van der Waals surface area contributed by atoms with Crippen LogP contribution in [0.15, 0.2) is 42.5 Å². The van der Waals surface area contributed by atoms with Crippen molar-refractivity contribution in [3.63, 3.8) is 0 Å². The summed E-state index contributed by atoms with van der Waals surface area (Å²) in [4.78, 5) is 0. The molecule has 0 amide bonds. The van der Waals surface area contributed by atoms with E-state index in [2.05, 4.69) is 36.4 Å². The van der Waals surface area contributed by atoms with E-state index in [1.165, 1.54) is 22.9 Å². The summed E-state index contributed by atoms with van der Waals surface area (Å²) < 4.78 is 0. The van der Waals surface area contributed by atoms with Crippen LogP contribution in [0.2, 0.25) is 0 Å². The van der Waals surface area contributed by atoms with Crippen LogP contribution in [0.5, 0.6) is 0 Å². The van der Waals surface area contributed by atoms with Crippen LogP contribution in [-0.2, 0) is 6.42 Å². The van der Waals surface area contributed by atoms with E-state index in [1.54, 1.807) is 0 Å². The van der Waals surface area contributed by atoms with Gasteiger partial charge in [-0.2, -0.15) is 0 Å². The fourth-order valence-electron chi connectivity index (χ4n) is 1.73. The molecule has 0 saturated carbocycles. The highest BCUT2D eigenvalue weighted by Crippen LogP contribution is 2.19. The molecule has 0 aliphatic rings. The van der Waals surface area contributed by atoms with Gasteiger partial charge in [0, 0.05) is 0 Å². The lowest BCUT2D eigenvalue weighted by molar-refractivity contribution is 0.375. The molecule has 0 aliphatic heterocycles. The van der Waals surface area contributed by atoms with Gasteiger partial charge in [0.25, 0.3) is 0 Å². The summed E-state index contributed by atoms with van der Waals surface area (Å²) in [5, 5.41) is 11.2. The number of hydrogen-bond acceptors (Lipinski definition) is 1. The van der Waals surface area contributed by atoms with E-state index < -0.39 is 0 Å². The summed E-state index contributed by atoms with van der Waals surface area (Å²) in [7, 11) is 0. The second kappa shape index (κ2) is 4.25. The van der Waals surface area contributed by atoms with Crippen LogP contribution < -0.4 is 0 Å². The Hall–Kier alpha value is -1.34. The minimum absolute atomic E-state index is 0.716. The molecule has 0 unspecified atom stereocenters. The van der Waals surface area contributed by atoms with Gasteiger partial charge >= 0.3 is 0 Å². The molecule has 2 aromatic rings. The number of fused-ring (bicyclic) bond motifs is 1. The quantitative estimate of drug-likeness (QED) is 0.777. The minimum Gasteiger partial charge on any atom is -0.390 e. The van der Waals surface area contributed by atoms with Crippen molar-refractivity contribution >= 4 is 10.8 Å². The summed E-state index contributed by atoms with van der Waals surface area (Å²) in [6.45, 7) is 1.22. The predicted octanol–water partition coefficient (Wildman–Crippen LogP) is 3.31. The van der Waals surface area contributed by atoms with Crippen molar-refractivity contribution in [1.29, 1.82) is 0 Å². The van der Waals surface area contributed by atoms with Gasteiger partial charge in [0.05, 0.1) is 6.61 Å². The van der Waals surface area contributed by atoms with Crippen LogP contribution in [-0.4, -0.2) is 5.11 Å². The zero-order valence-corrected chi connectivity index (χ0v) is 7.98. The Morgan fingerprint density at radius 3 is 2.64 bits per heavy atom. The molecule has 1 heteroatoms. The second-order valence-electron chi connectivity index (χ2n) is 3.36. The minimum atomic E-state index is 0.716. The number of rotatable bonds is 3. The highest BCUT2D eigenvalue weighted by atomic mass is 16.2. The van der Waals surface area contributed by atoms with Crippen LogP contribution in [0.1, 0.15) is 12.0 Å². The molecule has 0 fully saturated rings. The van der Waals surface area contributed by atoms with E-state index in [0.29, 0.717) is 6.42 Å². The molecule has 0 spiro atoms. The van der Waals surface area contributed by atoms with Gasteiger partial charge in [0.2, 0.25) is 0 Å². The first-order valence-corrected chi connectivity index (χ1v) is 4.84. The maximum absolute atomic E-state index is 8.67. The molecule has 0 atom stereocenters. The molecular weight excluding hydrogens is 172 g/mol. The molecule has 2 aromatic carbocycles. The van der Waals surface area contributed by atoms with Crippen LogP contribution in [0.25, 0.3) is 10.8 Å². The van der Waals surface area contributed by atoms with E-state index in [-0.39, 0.29) is 0 Å². The van der Waals surface area contributed by atoms with Gasteiger partial charge in [0.1, 0.15) is 0 Å². The third-order valence-corrected chi connectivity index (χ3v) is 2.42. The van der Waals surface area contributed by atoms with E-state index in [1.807, 2.05) is 6.07 Å². The van der Waals surface area contributed by atoms with Crippen molar-refractivity contribution in [2.75, 3.05) is 0 Å². The zero-order chi connectivity index (χ0) is 9.80. The van der Waals surface area contributed by atoms with Crippen molar-refractivity contribution in [2.24, 2.45) is 0 Å². The maximum Gasteiger partial charge on any atom is 0.0802 e. The Morgan fingerprint density at radius 2 is 1.79 bits per heavy atom. The topological polar surface area (TPSA) is 20.2 Å². The van der Waals surface area contributed by atoms with Crippen LogP contribution >= 0.6 is 0 Å². The van der Waals surface area contributed by atoms with E-state index in [4.69, 9.17) is 5.11 Å². The van der Waals surface area contributed by atoms with Gasteiger partial charge in [-0.1, -0.05) is 42.5 Å². The summed E-state index contributed by atoms with van der Waals surface area (Å²) >= 11 is 0. The molecule has 0 saturated heterocycles. The molecular formula is C13H13O. The first-order chi connectivity index (χ1) is 6.92. The van der Waals surface area contributed by atoms with E-state index in [9.17, 15) is 0 Å². The van der Waals surface area contributed by atoms with Crippen molar-refractivity contribution < 1.29 is 5.11 Å². The summed E-state index contributed by atoms with van der Waals surface area (Å²) in [6, 6.07) is 14.6. The van der Waals surface area contributed by atoms with Crippen LogP contribution in [0, 0.1) is 6.61 Å². The Kier molecular flexibility index (Phi) is 2.80. The van der Waals surface area contributed by atoms with E-state index >= 15 is 0 Å². The molecule has 0 bridgehead atoms. The SMILES string of the molecule is O[CH]CCc1cccc2ccccc12. The first kappa shape index (κ1) is 9.22. The molecule has 1 N–H and O–H groups in total. The molecule has 0 aliphatic carbocycles. The second-order valence-corrected chi connectivity index (χ2v) is 3.36. The van der Waals surface area contributed by atoms with Gasteiger partial charge in [-0.05, 0) is 29.2 Å². The largest absolute Gasteiger partial charge is 0.390 e. The van der Waals surface area contributed by atoms with Crippen LogP contribution in [0.3, 0.4) is 0 Å². The van der Waals surface area contributed by atoms with Gasteiger partial charge in [-0.25, -0.2) is 0 Å². The highest BCUT2D eigenvalue weighted by Gasteiger charge is 1.98. The molecule has 1 radical (unpaired) electrons. The molecule has 2 rings (SSSR count). The molecule has 71 valence electrons. The Morgan fingerprint density at radius 1 is 1.00 bits per heavy atom. The average molecular weight is 185 g/mol. The average Bonchev–Trinajstić information content (AvgIpc) is 2.26. The fourth-order valence-corrected chi connectivity index (χ4v) is 1.73. The molecule has 0 aromatic heterocycles. The number of benzene rings is 2. The van der Waals surface area contributed by atoms with E-state index in [0.717, 1.165) is 6.42 Å². The molecule has 14 heavy (non-hydrogen) atoms. The Bertz CT molecular complexity index is 415.